The molecule has 1 fully saturated rings. The van der Waals surface area contributed by atoms with E-state index in [1.165, 1.54) is 4.90 Å². The Morgan fingerprint density at radius 1 is 1.25 bits per heavy atom. The Labute approximate surface area is 94.1 Å². The molecular weight excluding hydrogens is 214 g/mol. The maximum Gasteiger partial charge on any atom is 0.254 e. The molecule has 0 aromatic heterocycles. The van der Waals surface area contributed by atoms with Crippen LogP contribution in [0.15, 0.2) is 0 Å². The summed E-state index contributed by atoms with van der Waals surface area (Å²) >= 11 is 0. The first-order valence-corrected chi connectivity index (χ1v) is 5.50. The Morgan fingerprint density at radius 3 is 2.44 bits per heavy atom. The predicted molar refractivity (Wildman–Crippen MR) is 55.5 cm³/mol. The third-order valence-corrected chi connectivity index (χ3v) is 2.82. The average Bonchev–Trinajstić information content (AvgIpc) is 2.34. The predicted octanol–water partition coefficient (Wildman–Crippen LogP) is -1.93. The molecule has 0 saturated carbocycles. The number of hydrogen-bond donors (Lipinski definition) is 4. The standard InChI is InChI=1S/C10H19NO5/c1-2-3-4-11-5-6(12)7(13)8(14)9(15)10(11)16/h6-9,12-15H,2-5H2,1H3/t6-,7-,8+,9+/m1/s1. The zero-order chi connectivity index (χ0) is 12.3. The number of carbonyl (C=O) groups is 1. The number of amides is 1. The van der Waals surface area contributed by atoms with Crippen LogP contribution in [0.3, 0.4) is 0 Å². The second-order valence-electron chi connectivity index (χ2n) is 4.13. The molecule has 6 heteroatoms. The van der Waals surface area contributed by atoms with E-state index in [4.69, 9.17) is 0 Å². The number of rotatable bonds is 3. The summed E-state index contributed by atoms with van der Waals surface area (Å²) in [6, 6.07) is 0. The Kier molecular flexibility index (Phi) is 4.67. The molecule has 0 unspecified atom stereocenters. The van der Waals surface area contributed by atoms with Crippen LogP contribution in [0.2, 0.25) is 0 Å². The molecule has 1 heterocycles. The van der Waals surface area contributed by atoms with Gasteiger partial charge in [0.25, 0.3) is 5.91 Å². The molecule has 1 aliphatic heterocycles. The molecule has 0 aromatic carbocycles. The number of likely N-dealkylation sites (tertiary alicyclic amines) is 1. The van der Waals surface area contributed by atoms with Crippen molar-refractivity contribution >= 4 is 5.91 Å². The highest BCUT2D eigenvalue weighted by Crippen LogP contribution is 2.15. The van der Waals surface area contributed by atoms with Crippen LogP contribution in [0.4, 0.5) is 0 Å². The monoisotopic (exact) mass is 233 g/mol. The molecule has 4 atom stereocenters. The molecule has 0 aromatic rings. The molecule has 16 heavy (non-hydrogen) atoms. The van der Waals surface area contributed by atoms with Crippen LogP contribution in [0.5, 0.6) is 0 Å². The van der Waals surface area contributed by atoms with Crippen LogP contribution in [0.1, 0.15) is 19.8 Å². The molecule has 4 N–H and O–H groups in total. The van der Waals surface area contributed by atoms with Gasteiger partial charge in [0.15, 0.2) is 6.10 Å². The third-order valence-electron chi connectivity index (χ3n) is 2.82. The number of unbranched alkanes of at least 4 members (excludes halogenated alkanes) is 1. The van der Waals surface area contributed by atoms with Gasteiger partial charge in [0.05, 0.1) is 0 Å². The van der Waals surface area contributed by atoms with Crippen LogP contribution >= 0.6 is 0 Å². The summed E-state index contributed by atoms with van der Waals surface area (Å²) in [4.78, 5) is 12.9. The van der Waals surface area contributed by atoms with Gasteiger partial charge in [-0.1, -0.05) is 13.3 Å². The minimum Gasteiger partial charge on any atom is -0.388 e. The summed E-state index contributed by atoms with van der Waals surface area (Å²) in [6.45, 7) is 2.30. The highest BCUT2D eigenvalue weighted by atomic mass is 16.4. The SMILES string of the molecule is CCCCN1C[C@@H](O)[C@@H](O)[C@H](O)[C@H](O)C1=O. The van der Waals surface area contributed by atoms with Crippen molar-refractivity contribution in [1.82, 2.24) is 4.90 Å². The maximum absolute atomic E-state index is 11.6. The molecule has 0 spiro atoms. The summed E-state index contributed by atoms with van der Waals surface area (Å²) in [6.07, 6.45) is -4.39. The molecule has 0 aliphatic carbocycles. The highest BCUT2D eigenvalue weighted by Gasteiger charge is 2.41. The van der Waals surface area contributed by atoms with E-state index < -0.39 is 30.3 Å². The van der Waals surface area contributed by atoms with Gasteiger partial charge in [-0.15, -0.1) is 0 Å². The normalized spacial score (nSPS) is 36.3. The first kappa shape index (κ1) is 13.4. The second-order valence-corrected chi connectivity index (χ2v) is 4.13. The number of nitrogens with zero attached hydrogens (tertiary/aromatic N) is 1. The molecule has 1 aliphatic rings. The van der Waals surface area contributed by atoms with E-state index in [-0.39, 0.29) is 6.54 Å². The van der Waals surface area contributed by atoms with Crippen molar-refractivity contribution in [2.24, 2.45) is 0 Å². The van der Waals surface area contributed by atoms with Gasteiger partial charge in [-0.05, 0) is 6.42 Å². The van der Waals surface area contributed by atoms with Crippen molar-refractivity contribution in [3.8, 4) is 0 Å². The van der Waals surface area contributed by atoms with E-state index in [1.807, 2.05) is 6.92 Å². The van der Waals surface area contributed by atoms with E-state index in [1.54, 1.807) is 0 Å². The van der Waals surface area contributed by atoms with Crippen LogP contribution < -0.4 is 0 Å². The van der Waals surface area contributed by atoms with Crippen molar-refractivity contribution in [3.63, 3.8) is 0 Å². The molecule has 1 amide bonds. The van der Waals surface area contributed by atoms with Gasteiger partial charge in [0.2, 0.25) is 0 Å². The lowest BCUT2D eigenvalue weighted by atomic mass is 10.1. The quantitative estimate of drug-likeness (QED) is 0.455. The van der Waals surface area contributed by atoms with E-state index in [2.05, 4.69) is 0 Å². The van der Waals surface area contributed by atoms with Crippen molar-refractivity contribution < 1.29 is 25.2 Å². The van der Waals surface area contributed by atoms with Gasteiger partial charge in [-0.2, -0.15) is 0 Å². The fraction of sp³-hybridized carbons (Fsp3) is 0.900. The van der Waals surface area contributed by atoms with E-state index in [0.29, 0.717) is 6.54 Å². The van der Waals surface area contributed by atoms with Gasteiger partial charge >= 0.3 is 0 Å². The largest absolute Gasteiger partial charge is 0.388 e. The fourth-order valence-electron chi connectivity index (χ4n) is 1.72. The number of aliphatic hydroxyl groups excluding tert-OH is 4. The van der Waals surface area contributed by atoms with E-state index in [9.17, 15) is 25.2 Å². The number of hydrogen-bond acceptors (Lipinski definition) is 5. The van der Waals surface area contributed by atoms with Gasteiger partial charge in [-0.3, -0.25) is 4.79 Å². The summed E-state index contributed by atoms with van der Waals surface area (Å²) in [7, 11) is 0. The zero-order valence-electron chi connectivity index (χ0n) is 9.28. The molecular formula is C10H19NO5. The zero-order valence-corrected chi connectivity index (χ0v) is 9.28. The van der Waals surface area contributed by atoms with Crippen molar-refractivity contribution in [2.45, 2.75) is 44.2 Å². The van der Waals surface area contributed by atoms with Gasteiger partial charge in [-0.25, -0.2) is 0 Å². The van der Waals surface area contributed by atoms with Crippen molar-refractivity contribution in [1.29, 1.82) is 0 Å². The highest BCUT2D eigenvalue weighted by molar-refractivity contribution is 5.81. The Hall–Kier alpha value is -0.690. The first-order valence-electron chi connectivity index (χ1n) is 5.50. The fourth-order valence-corrected chi connectivity index (χ4v) is 1.72. The minimum atomic E-state index is -1.66. The minimum absolute atomic E-state index is 0.0614. The van der Waals surface area contributed by atoms with Crippen LogP contribution in [0, 0.1) is 0 Å². The summed E-state index contributed by atoms with van der Waals surface area (Å²) in [5, 5.41) is 37.8. The number of aliphatic hydroxyl groups is 4. The molecule has 94 valence electrons. The van der Waals surface area contributed by atoms with Crippen LogP contribution in [0.25, 0.3) is 0 Å². The summed E-state index contributed by atoms with van der Waals surface area (Å²) < 4.78 is 0. The molecule has 0 radical (unpaired) electrons. The molecule has 1 saturated heterocycles. The topological polar surface area (TPSA) is 101 Å². The van der Waals surface area contributed by atoms with Crippen LogP contribution in [-0.4, -0.2) is 68.7 Å². The summed E-state index contributed by atoms with van der Waals surface area (Å²) in [5.74, 6) is -0.642. The lowest BCUT2D eigenvalue weighted by Gasteiger charge is -2.23. The molecule has 1 rings (SSSR count). The third kappa shape index (κ3) is 2.70. The van der Waals surface area contributed by atoms with E-state index >= 15 is 0 Å². The van der Waals surface area contributed by atoms with Crippen molar-refractivity contribution in [3.05, 3.63) is 0 Å². The van der Waals surface area contributed by atoms with Gasteiger partial charge < -0.3 is 25.3 Å². The maximum atomic E-state index is 11.6. The smallest absolute Gasteiger partial charge is 0.254 e. The van der Waals surface area contributed by atoms with Gasteiger partial charge in [0, 0.05) is 13.1 Å². The average molecular weight is 233 g/mol. The Morgan fingerprint density at radius 2 is 1.88 bits per heavy atom. The van der Waals surface area contributed by atoms with E-state index in [0.717, 1.165) is 12.8 Å². The number of β-amino-alcohol motifs (C(OH)–C–C–N with tert-alkyl or cyclic N) is 1. The van der Waals surface area contributed by atoms with Crippen LogP contribution in [-0.2, 0) is 4.79 Å². The Balaban J connectivity index is 2.76. The lowest BCUT2D eigenvalue weighted by Crippen LogP contribution is -2.45. The Bertz CT molecular complexity index is 247. The molecule has 0 bridgehead atoms. The number of carbonyl (C=O) groups excluding carboxylic acids is 1. The van der Waals surface area contributed by atoms with Crippen molar-refractivity contribution in [2.75, 3.05) is 13.1 Å². The van der Waals surface area contributed by atoms with Gasteiger partial charge in [0.1, 0.15) is 18.3 Å². The lowest BCUT2D eigenvalue weighted by molar-refractivity contribution is -0.147. The molecule has 6 nitrogen and oxygen atoms in total. The second kappa shape index (κ2) is 5.58. The summed E-state index contributed by atoms with van der Waals surface area (Å²) in [5.41, 5.74) is 0. The first-order chi connectivity index (χ1) is 7.49.